The van der Waals surface area contributed by atoms with Gasteiger partial charge >= 0.3 is 0 Å². The zero-order chi connectivity index (χ0) is 17.1. The molecule has 1 atom stereocenters. The highest BCUT2D eigenvalue weighted by Crippen LogP contribution is 2.42. The Kier molecular flexibility index (Phi) is 2.96. The zero-order valence-electron chi connectivity index (χ0n) is 14.5. The van der Waals surface area contributed by atoms with Crippen molar-refractivity contribution in [3.63, 3.8) is 0 Å². The van der Waals surface area contributed by atoms with Gasteiger partial charge in [0, 0.05) is 5.39 Å². The lowest BCUT2D eigenvalue weighted by atomic mass is 9.88. The molecule has 0 amide bonds. The van der Waals surface area contributed by atoms with Gasteiger partial charge in [-0.2, -0.15) is 0 Å². The van der Waals surface area contributed by atoms with E-state index < -0.39 is 0 Å². The molecule has 0 aliphatic heterocycles. The first-order chi connectivity index (χ1) is 12.2. The van der Waals surface area contributed by atoms with Gasteiger partial charge in [0.2, 0.25) is 0 Å². The quantitative estimate of drug-likeness (QED) is 0.275. The van der Waals surface area contributed by atoms with E-state index in [2.05, 4.69) is 74.5 Å². The lowest BCUT2D eigenvalue weighted by Crippen LogP contribution is -1.93. The van der Waals surface area contributed by atoms with Gasteiger partial charge in [-0.25, -0.2) is 0 Å². The molecule has 1 N–H and O–H groups in total. The highest BCUT2D eigenvalue weighted by Gasteiger charge is 2.16. The normalized spacial score (nSPS) is 13.4. The molecule has 1 nitrogen and oxygen atoms in total. The van der Waals surface area contributed by atoms with Gasteiger partial charge in [-0.1, -0.05) is 68.4 Å². The minimum atomic E-state index is 0.357. The van der Waals surface area contributed by atoms with Crippen molar-refractivity contribution in [3.8, 4) is 5.75 Å². The Morgan fingerprint density at radius 2 is 1.44 bits per heavy atom. The monoisotopic (exact) mass is 324 g/mol. The lowest BCUT2D eigenvalue weighted by molar-refractivity contribution is 0.468. The number of phenolic OH excluding ortho intramolecular Hbond substituents is 1. The number of fused-ring (bicyclic) bond motifs is 2. The summed E-state index contributed by atoms with van der Waals surface area (Å²) in [5, 5.41) is 20.6. The van der Waals surface area contributed by atoms with Crippen molar-refractivity contribution in [3.05, 3.63) is 66.2 Å². The minimum Gasteiger partial charge on any atom is -0.507 e. The number of rotatable bonds is 2. The molecule has 1 unspecified atom stereocenters. The van der Waals surface area contributed by atoms with Crippen LogP contribution in [0.3, 0.4) is 0 Å². The summed E-state index contributed by atoms with van der Waals surface area (Å²) in [6.07, 6.45) is 1.02. The third kappa shape index (κ3) is 1.90. The SMILES string of the molecule is CCC(C)c1ccc2c(cc3ccc4cccc5ccc2c3c45)c1O. The summed E-state index contributed by atoms with van der Waals surface area (Å²) in [5.74, 6) is 0.799. The number of hydrogen-bond acceptors (Lipinski definition) is 1. The van der Waals surface area contributed by atoms with Crippen molar-refractivity contribution in [2.24, 2.45) is 0 Å². The van der Waals surface area contributed by atoms with Crippen molar-refractivity contribution in [1.29, 1.82) is 0 Å². The first-order valence-corrected chi connectivity index (χ1v) is 9.01. The number of benzene rings is 5. The molecular formula is C24H20O. The first-order valence-electron chi connectivity index (χ1n) is 9.01. The van der Waals surface area contributed by atoms with Crippen LogP contribution in [0.15, 0.2) is 60.7 Å². The predicted octanol–water partition coefficient (Wildman–Crippen LogP) is 6.96. The van der Waals surface area contributed by atoms with Crippen molar-refractivity contribution in [1.82, 2.24) is 0 Å². The molecule has 0 saturated heterocycles. The molecule has 122 valence electrons. The van der Waals surface area contributed by atoms with Crippen LogP contribution >= 0.6 is 0 Å². The average molecular weight is 324 g/mol. The Morgan fingerprint density at radius 1 is 0.760 bits per heavy atom. The van der Waals surface area contributed by atoms with Gasteiger partial charge in [0.05, 0.1) is 0 Å². The van der Waals surface area contributed by atoms with Crippen LogP contribution in [0.4, 0.5) is 0 Å². The smallest absolute Gasteiger partial charge is 0.126 e. The molecular weight excluding hydrogens is 304 g/mol. The topological polar surface area (TPSA) is 20.2 Å². The molecule has 5 rings (SSSR count). The van der Waals surface area contributed by atoms with Crippen LogP contribution in [-0.2, 0) is 0 Å². The fraction of sp³-hybridized carbons (Fsp3) is 0.167. The Bertz CT molecular complexity index is 1230. The summed E-state index contributed by atoms with van der Waals surface area (Å²) in [4.78, 5) is 0. The molecule has 0 aliphatic rings. The third-order valence-electron chi connectivity index (χ3n) is 5.79. The highest BCUT2D eigenvalue weighted by molar-refractivity contribution is 6.29. The molecule has 0 radical (unpaired) electrons. The summed E-state index contributed by atoms with van der Waals surface area (Å²) in [5.41, 5.74) is 1.04. The van der Waals surface area contributed by atoms with E-state index in [1.807, 2.05) is 0 Å². The molecule has 0 spiro atoms. The Balaban J connectivity index is 2.00. The van der Waals surface area contributed by atoms with E-state index in [0.29, 0.717) is 11.7 Å². The van der Waals surface area contributed by atoms with Gasteiger partial charge in [-0.3, -0.25) is 0 Å². The predicted molar refractivity (Wildman–Crippen MR) is 108 cm³/mol. The summed E-state index contributed by atoms with van der Waals surface area (Å²) in [6, 6.07) is 21.7. The van der Waals surface area contributed by atoms with E-state index in [1.165, 1.54) is 32.3 Å². The van der Waals surface area contributed by atoms with Gasteiger partial charge < -0.3 is 5.11 Å². The van der Waals surface area contributed by atoms with E-state index >= 15 is 0 Å². The molecule has 25 heavy (non-hydrogen) atoms. The Morgan fingerprint density at radius 3 is 2.20 bits per heavy atom. The second-order valence-corrected chi connectivity index (χ2v) is 7.14. The molecule has 0 bridgehead atoms. The van der Waals surface area contributed by atoms with Crippen LogP contribution in [0, 0.1) is 0 Å². The largest absolute Gasteiger partial charge is 0.507 e. The maximum Gasteiger partial charge on any atom is 0.126 e. The van der Waals surface area contributed by atoms with Crippen molar-refractivity contribution in [2.45, 2.75) is 26.2 Å². The van der Waals surface area contributed by atoms with Crippen LogP contribution in [0.2, 0.25) is 0 Å². The molecule has 5 aromatic carbocycles. The van der Waals surface area contributed by atoms with Crippen LogP contribution in [0.1, 0.15) is 31.7 Å². The van der Waals surface area contributed by atoms with Crippen LogP contribution in [0.25, 0.3) is 43.1 Å². The van der Waals surface area contributed by atoms with Crippen LogP contribution < -0.4 is 0 Å². The standard InChI is InChI=1S/C24H20O/c1-3-14(2)18-11-12-19-20-10-9-16-6-4-5-15-7-8-17(23(20)22(15)16)13-21(19)24(18)25/h4-14,25H,3H2,1-2H3. The summed E-state index contributed by atoms with van der Waals surface area (Å²) in [7, 11) is 0. The lowest BCUT2D eigenvalue weighted by Gasteiger charge is -2.17. The summed E-state index contributed by atoms with van der Waals surface area (Å²) >= 11 is 0. The summed E-state index contributed by atoms with van der Waals surface area (Å²) < 4.78 is 0. The second kappa shape index (κ2) is 5.10. The van der Waals surface area contributed by atoms with Gasteiger partial charge in [0.1, 0.15) is 5.75 Å². The molecule has 0 aliphatic carbocycles. The number of hydrogen-bond donors (Lipinski definition) is 1. The van der Waals surface area contributed by atoms with E-state index in [1.54, 1.807) is 0 Å². The fourth-order valence-electron chi connectivity index (χ4n) is 4.23. The van der Waals surface area contributed by atoms with E-state index in [9.17, 15) is 5.11 Å². The summed E-state index contributed by atoms with van der Waals surface area (Å²) in [6.45, 7) is 4.33. The fourth-order valence-corrected chi connectivity index (χ4v) is 4.23. The average Bonchev–Trinajstić information content (AvgIpc) is 2.65. The van der Waals surface area contributed by atoms with Crippen molar-refractivity contribution >= 4 is 43.1 Å². The molecule has 0 saturated carbocycles. The number of aromatic hydroxyl groups is 1. The maximum atomic E-state index is 10.9. The van der Waals surface area contributed by atoms with E-state index in [4.69, 9.17) is 0 Å². The highest BCUT2D eigenvalue weighted by atomic mass is 16.3. The third-order valence-corrected chi connectivity index (χ3v) is 5.79. The Hall–Kier alpha value is -2.80. The minimum absolute atomic E-state index is 0.357. The van der Waals surface area contributed by atoms with Gasteiger partial charge in [0.15, 0.2) is 0 Å². The van der Waals surface area contributed by atoms with Gasteiger partial charge in [-0.05, 0) is 61.7 Å². The first kappa shape index (κ1) is 14.5. The van der Waals surface area contributed by atoms with Crippen molar-refractivity contribution in [2.75, 3.05) is 0 Å². The van der Waals surface area contributed by atoms with Crippen LogP contribution in [0.5, 0.6) is 5.75 Å². The maximum absolute atomic E-state index is 10.9. The number of phenols is 1. The van der Waals surface area contributed by atoms with Crippen LogP contribution in [-0.4, -0.2) is 5.11 Å². The van der Waals surface area contributed by atoms with Gasteiger partial charge in [0.25, 0.3) is 0 Å². The van der Waals surface area contributed by atoms with Gasteiger partial charge in [-0.15, -0.1) is 0 Å². The Labute approximate surface area is 146 Å². The molecule has 0 aromatic heterocycles. The molecule has 5 aromatic rings. The van der Waals surface area contributed by atoms with E-state index in [-0.39, 0.29) is 0 Å². The van der Waals surface area contributed by atoms with E-state index in [0.717, 1.165) is 22.8 Å². The second-order valence-electron chi connectivity index (χ2n) is 7.14. The van der Waals surface area contributed by atoms with Crippen molar-refractivity contribution < 1.29 is 5.11 Å². The zero-order valence-corrected chi connectivity index (χ0v) is 14.5. The molecule has 0 heterocycles. The molecule has 0 fully saturated rings. The molecule has 1 heteroatoms.